The van der Waals surface area contributed by atoms with Crippen LogP contribution >= 0.6 is 11.6 Å². The molecule has 0 bridgehead atoms. The van der Waals surface area contributed by atoms with E-state index in [0.717, 1.165) is 31.1 Å². The molecule has 1 aliphatic carbocycles. The number of urea groups is 1. The third kappa shape index (κ3) is 8.49. The molecule has 0 radical (unpaired) electrons. The van der Waals surface area contributed by atoms with Crippen molar-refractivity contribution in [1.82, 2.24) is 9.80 Å². The summed E-state index contributed by atoms with van der Waals surface area (Å²) in [6, 6.07) is 12.5. The molecular formula is C33H44ClN5O4. The Morgan fingerprint density at radius 3 is 2.26 bits per heavy atom. The molecule has 3 atom stereocenters. The predicted octanol–water partition coefficient (Wildman–Crippen LogP) is 5.59. The van der Waals surface area contributed by atoms with Crippen molar-refractivity contribution in [3.63, 3.8) is 0 Å². The number of nitrogens with zero attached hydrogens (tertiary/aromatic N) is 3. The lowest BCUT2D eigenvalue weighted by Gasteiger charge is -2.35. The number of β-amino-alcohol motifs (C(OH)–C–C–N with tert-alkyl or cyclic N) is 1. The second-order valence-electron chi connectivity index (χ2n) is 12.5. The topological polar surface area (TPSA) is 105 Å². The maximum Gasteiger partial charge on any atom is 0.322 e. The number of likely N-dealkylation sites (tertiary alicyclic amines) is 2. The van der Waals surface area contributed by atoms with Gasteiger partial charge in [-0.2, -0.15) is 0 Å². The van der Waals surface area contributed by atoms with E-state index in [9.17, 15) is 19.5 Å². The lowest BCUT2D eigenvalue weighted by Crippen LogP contribution is -2.45. The van der Waals surface area contributed by atoms with Gasteiger partial charge in [-0.1, -0.05) is 43.7 Å². The summed E-state index contributed by atoms with van der Waals surface area (Å²) in [4.78, 5) is 44.5. The molecule has 2 aromatic carbocycles. The molecule has 2 aliphatic heterocycles. The van der Waals surface area contributed by atoms with Crippen LogP contribution in [0.2, 0.25) is 5.02 Å². The molecule has 3 fully saturated rings. The van der Waals surface area contributed by atoms with Gasteiger partial charge in [-0.25, -0.2) is 4.79 Å². The highest BCUT2D eigenvalue weighted by Crippen LogP contribution is 2.32. The molecule has 5 rings (SSSR count). The van der Waals surface area contributed by atoms with E-state index >= 15 is 0 Å². The number of hydrogen-bond donors (Lipinski definition) is 3. The van der Waals surface area contributed by atoms with Gasteiger partial charge in [0, 0.05) is 48.6 Å². The zero-order valence-corrected chi connectivity index (χ0v) is 25.8. The van der Waals surface area contributed by atoms with Gasteiger partial charge in [-0.3, -0.25) is 14.5 Å². The Labute approximate surface area is 259 Å². The summed E-state index contributed by atoms with van der Waals surface area (Å²) in [5.74, 6) is 1.23. The van der Waals surface area contributed by atoms with Crippen molar-refractivity contribution < 1.29 is 19.5 Å². The van der Waals surface area contributed by atoms with Crippen LogP contribution in [0.5, 0.6) is 0 Å². The van der Waals surface area contributed by atoms with Crippen LogP contribution in [-0.2, 0) is 9.59 Å². The van der Waals surface area contributed by atoms with Gasteiger partial charge < -0.3 is 25.5 Å². The molecule has 1 saturated carbocycles. The van der Waals surface area contributed by atoms with Crippen molar-refractivity contribution in [3.8, 4) is 0 Å². The fourth-order valence-electron chi connectivity index (χ4n) is 6.83. The first kappa shape index (κ1) is 31.3. The van der Waals surface area contributed by atoms with Crippen molar-refractivity contribution in [2.75, 3.05) is 48.8 Å². The Bertz CT molecular complexity index is 1250. The number of aliphatic hydroxyl groups excluding tert-OH is 1. The molecule has 2 saturated heterocycles. The van der Waals surface area contributed by atoms with E-state index in [1.807, 2.05) is 12.1 Å². The molecule has 0 aromatic heterocycles. The van der Waals surface area contributed by atoms with Crippen LogP contribution in [0.1, 0.15) is 57.8 Å². The lowest BCUT2D eigenvalue weighted by molar-refractivity contribution is -0.120. The van der Waals surface area contributed by atoms with E-state index in [1.54, 1.807) is 48.3 Å². The van der Waals surface area contributed by atoms with Gasteiger partial charge in [0.15, 0.2) is 0 Å². The van der Waals surface area contributed by atoms with E-state index in [-0.39, 0.29) is 24.8 Å². The minimum absolute atomic E-state index is 0.0531. The normalized spacial score (nSPS) is 23.1. The van der Waals surface area contributed by atoms with Gasteiger partial charge in [0.1, 0.15) is 6.04 Å². The fourth-order valence-corrected chi connectivity index (χ4v) is 6.96. The number of carbonyl (C=O) groups is 3. The molecule has 3 aliphatic rings. The molecule has 2 heterocycles. The first-order chi connectivity index (χ1) is 20.7. The maximum atomic E-state index is 13.2. The van der Waals surface area contributed by atoms with Crippen LogP contribution < -0.4 is 15.5 Å². The Balaban J connectivity index is 1.12. The number of carbonyl (C=O) groups excluding carboxylic acids is 3. The fraction of sp³-hybridized carbons (Fsp3) is 0.545. The third-order valence-electron chi connectivity index (χ3n) is 9.19. The van der Waals surface area contributed by atoms with Crippen molar-refractivity contribution in [3.05, 3.63) is 53.6 Å². The molecule has 10 heteroatoms. The van der Waals surface area contributed by atoms with E-state index in [4.69, 9.17) is 11.6 Å². The minimum atomic E-state index is -0.822. The number of aliphatic hydroxyl groups is 1. The number of halogens is 1. The van der Waals surface area contributed by atoms with Crippen LogP contribution in [0, 0.1) is 11.8 Å². The number of hydrogen-bond acceptors (Lipinski definition) is 5. The van der Waals surface area contributed by atoms with Gasteiger partial charge in [0.25, 0.3) is 0 Å². The smallest absolute Gasteiger partial charge is 0.322 e. The number of nitrogens with one attached hydrogen (secondary N) is 2. The van der Waals surface area contributed by atoms with E-state index < -0.39 is 18.2 Å². The van der Waals surface area contributed by atoms with E-state index in [0.29, 0.717) is 28.9 Å². The van der Waals surface area contributed by atoms with Gasteiger partial charge in [0.2, 0.25) is 11.8 Å². The number of amides is 4. The summed E-state index contributed by atoms with van der Waals surface area (Å²) in [6.07, 6.45) is 9.95. The summed E-state index contributed by atoms with van der Waals surface area (Å²) < 4.78 is 0. The average molecular weight is 610 g/mol. The van der Waals surface area contributed by atoms with Crippen molar-refractivity contribution in [2.24, 2.45) is 11.8 Å². The molecule has 232 valence electrons. The molecule has 1 unspecified atom stereocenters. The van der Waals surface area contributed by atoms with E-state index in [1.165, 1.54) is 49.8 Å². The van der Waals surface area contributed by atoms with Gasteiger partial charge in [-0.05, 0) is 86.2 Å². The summed E-state index contributed by atoms with van der Waals surface area (Å²) in [5, 5.41) is 16.4. The predicted molar refractivity (Wildman–Crippen MR) is 170 cm³/mol. The molecule has 43 heavy (non-hydrogen) atoms. The van der Waals surface area contributed by atoms with Gasteiger partial charge in [0.05, 0.1) is 12.6 Å². The van der Waals surface area contributed by atoms with Crippen LogP contribution in [0.15, 0.2) is 48.5 Å². The first-order valence-corrected chi connectivity index (χ1v) is 16.0. The monoisotopic (exact) mass is 609 g/mol. The Morgan fingerprint density at radius 2 is 1.53 bits per heavy atom. The SMILES string of the molecule is CN(C(=O)CN1CCCC(CC2CCCCC2)C1)c1ccc(NC(=O)[C@H]2C[C@@H](O)CN2C(=O)Nc2ccc(Cl)cc2)cc1. The lowest BCUT2D eigenvalue weighted by atomic mass is 9.80. The molecule has 4 amide bonds. The number of anilines is 3. The molecular weight excluding hydrogens is 566 g/mol. The summed E-state index contributed by atoms with van der Waals surface area (Å²) in [6.45, 7) is 2.44. The van der Waals surface area contributed by atoms with Crippen LogP contribution in [0.3, 0.4) is 0 Å². The van der Waals surface area contributed by atoms with E-state index in [2.05, 4.69) is 15.5 Å². The van der Waals surface area contributed by atoms with Crippen molar-refractivity contribution in [2.45, 2.75) is 69.9 Å². The summed E-state index contributed by atoms with van der Waals surface area (Å²) in [5.41, 5.74) is 1.85. The number of likely N-dealkylation sites (N-methyl/N-ethyl adjacent to an activating group) is 1. The Kier molecular flexibility index (Phi) is 10.6. The number of rotatable bonds is 8. The summed E-state index contributed by atoms with van der Waals surface area (Å²) >= 11 is 5.92. The average Bonchev–Trinajstić information content (AvgIpc) is 3.41. The minimum Gasteiger partial charge on any atom is -0.391 e. The molecule has 0 spiro atoms. The highest BCUT2D eigenvalue weighted by molar-refractivity contribution is 6.30. The maximum absolute atomic E-state index is 13.2. The van der Waals surface area contributed by atoms with Crippen LogP contribution in [0.25, 0.3) is 0 Å². The van der Waals surface area contributed by atoms with Gasteiger partial charge >= 0.3 is 6.03 Å². The van der Waals surface area contributed by atoms with Crippen molar-refractivity contribution >= 4 is 46.5 Å². The Morgan fingerprint density at radius 1 is 0.884 bits per heavy atom. The molecule has 2 aromatic rings. The van der Waals surface area contributed by atoms with Crippen molar-refractivity contribution in [1.29, 1.82) is 0 Å². The zero-order chi connectivity index (χ0) is 30.3. The number of benzene rings is 2. The number of piperidine rings is 1. The molecule has 9 nitrogen and oxygen atoms in total. The molecule has 3 N–H and O–H groups in total. The highest BCUT2D eigenvalue weighted by atomic mass is 35.5. The van der Waals surface area contributed by atoms with Crippen LogP contribution in [-0.4, -0.2) is 78.1 Å². The first-order valence-electron chi connectivity index (χ1n) is 15.7. The highest BCUT2D eigenvalue weighted by Gasteiger charge is 2.39. The van der Waals surface area contributed by atoms with Gasteiger partial charge in [-0.15, -0.1) is 0 Å². The summed E-state index contributed by atoms with van der Waals surface area (Å²) in [7, 11) is 1.79. The largest absolute Gasteiger partial charge is 0.391 e. The third-order valence-corrected chi connectivity index (χ3v) is 9.44. The van der Waals surface area contributed by atoms with Crippen LogP contribution in [0.4, 0.5) is 21.9 Å². The quantitative estimate of drug-likeness (QED) is 0.362. The Hall–Kier alpha value is -3.14. The zero-order valence-electron chi connectivity index (χ0n) is 25.0. The second kappa shape index (κ2) is 14.6. The standard InChI is InChI=1S/C33H44ClN5O4/c1-37(31(41)22-38-17-5-8-24(20-38)18-23-6-3-2-4-7-23)28-15-13-26(14-16-28)35-32(42)30-19-29(40)21-39(30)33(43)36-27-11-9-25(34)10-12-27/h9-16,23-24,29-30,40H,2-8,17-22H2,1H3,(H,35,42)(H,36,43)/t24?,29-,30-/m1/s1. The second-order valence-corrected chi connectivity index (χ2v) is 12.9.